The van der Waals surface area contributed by atoms with Crippen molar-refractivity contribution in [3.63, 3.8) is 0 Å². The van der Waals surface area contributed by atoms with E-state index in [4.69, 9.17) is 9.47 Å². The normalized spacial score (nSPS) is 10.8. The van der Waals surface area contributed by atoms with Gasteiger partial charge in [-0.3, -0.25) is 10.1 Å². The van der Waals surface area contributed by atoms with Crippen molar-refractivity contribution in [1.82, 2.24) is 5.32 Å². The Morgan fingerprint density at radius 2 is 1.95 bits per heavy atom. The van der Waals surface area contributed by atoms with Crippen LogP contribution in [0.1, 0.15) is 32.8 Å². The Morgan fingerprint density at radius 3 is 2.55 bits per heavy atom. The molecule has 0 aliphatic heterocycles. The number of carbonyl (C=O) groups excluding carboxylic acids is 2. The summed E-state index contributed by atoms with van der Waals surface area (Å²) in [7, 11) is 1.59. The van der Waals surface area contributed by atoms with E-state index in [0.717, 1.165) is 11.3 Å². The van der Waals surface area contributed by atoms with Crippen LogP contribution in [0, 0.1) is 0 Å². The Morgan fingerprint density at radius 1 is 1.25 bits per heavy atom. The van der Waals surface area contributed by atoms with E-state index >= 15 is 0 Å². The lowest BCUT2D eigenvalue weighted by molar-refractivity contribution is -0.120. The molecule has 1 aromatic carbocycles. The van der Waals surface area contributed by atoms with E-state index in [0.29, 0.717) is 6.42 Å². The topological polar surface area (TPSA) is 64.6 Å². The summed E-state index contributed by atoms with van der Waals surface area (Å²) in [6.45, 7) is 5.23. The lowest BCUT2D eigenvalue weighted by atomic mass is 10.1. The summed E-state index contributed by atoms with van der Waals surface area (Å²) in [5.74, 6) is 0.386. The van der Waals surface area contributed by atoms with E-state index in [2.05, 4.69) is 5.32 Å². The number of carbonyl (C=O) groups is 2. The van der Waals surface area contributed by atoms with Crippen LogP contribution >= 0.6 is 0 Å². The highest BCUT2D eigenvalue weighted by molar-refractivity contribution is 5.91. The third-order valence-electron chi connectivity index (χ3n) is 2.42. The Labute approximate surface area is 119 Å². The van der Waals surface area contributed by atoms with Gasteiger partial charge in [0, 0.05) is 6.42 Å². The molecule has 1 rings (SSSR count). The van der Waals surface area contributed by atoms with Crippen LogP contribution in [0.5, 0.6) is 5.75 Å². The molecule has 0 aliphatic rings. The van der Waals surface area contributed by atoms with Gasteiger partial charge in [-0.05, 0) is 44.9 Å². The molecule has 5 nitrogen and oxygen atoms in total. The van der Waals surface area contributed by atoms with Gasteiger partial charge in [0.2, 0.25) is 5.91 Å². The molecule has 0 fully saturated rings. The van der Waals surface area contributed by atoms with E-state index < -0.39 is 11.7 Å². The number of imide groups is 1. The van der Waals surface area contributed by atoms with E-state index in [1.54, 1.807) is 27.9 Å². The first-order valence-corrected chi connectivity index (χ1v) is 6.46. The van der Waals surface area contributed by atoms with Gasteiger partial charge in [-0.2, -0.15) is 0 Å². The van der Waals surface area contributed by atoms with Crippen LogP contribution in [-0.2, 0) is 16.0 Å². The monoisotopic (exact) mass is 279 g/mol. The second kappa shape index (κ2) is 6.93. The number of amides is 2. The number of rotatable bonds is 4. The van der Waals surface area contributed by atoms with E-state index in [-0.39, 0.29) is 12.3 Å². The molecule has 2 amide bonds. The van der Waals surface area contributed by atoms with E-state index in [1.165, 1.54) is 0 Å². The molecule has 0 aromatic heterocycles. The lowest BCUT2D eigenvalue weighted by Crippen LogP contribution is -2.36. The highest BCUT2D eigenvalue weighted by Crippen LogP contribution is 2.14. The van der Waals surface area contributed by atoms with Gasteiger partial charge < -0.3 is 9.47 Å². The van der Waals surface area contributed by atoms with Crippen LogP contribution in [-0.4, -0.2) is 24.7 Å². The third kappa shape index (κ3) is 6.22. The summed E-state index contributed by atoms with van der Waals surface area (Å²) in [5, 5.41) is 2.20. The number of hydrogen-bond donors (Lipinski definition) is 1. The molecule has 0 atom stereocenters. The number of hydrogen-bond acceptors (Lipinski definition) is 4. The summed E-state index contributed by atoms with van der Waals surface area (Å²) in [6.07, 6.45) is 0.0336. The fourth-order valence-electron chi connectivity index (χ4n) is 1.57. The molecule has 1 aromatic rings. The van der Waals surface area contributed by atoms with Gasteiger partial charge in [-0.15, -0.1) is 0 Å². The van der Waals surface area contributed by atoms with Crippen LogP contribution in [0.4, 0.5) is 4.79 Å². The molecule has 0 spiro atoms. The molecule has 0 heterocycles. The number of alkyl carbamates (subject to hydrolysis) is 1. The van der Waals surface area contributed by atoms with Gasteiger partial charge in [0.25, 0.3) is 0 Å². The van der Waals surface area contributed by atoms with Crippen molar-refractivity contribution in [1.29, 1.82) is 0 Å². The molecule has 0 unspecified atom stereocenters. The summed E-state index contributed by atoms with van der Waals surface area (Å²) >= 11 is 0. The maximum Gasteiger partial charge on any atom is 0.414 e. The summed E-state index contributed by atoms with van der Waals surface area (Å²) in [4.78, 5) is 23.0. The van der Waals surface area contributed by atoms with Crippen LogP contribution in [0.25, 0.3) is 0 Å². The zero-order valence-electron chi connectivity index (χ0n) is 12.4. The van der Waals surface area contributed by atoms with E-state index in [1.807, 2.05) is 24.3 Å². The van der Waals surface area contributed by atoms with Crippen molar-refractivity contribution in [2.75, 3.05) is 7.11 Å². The quantitative estimate of drug-likeness (QED) is 0.920. The maximum atomic E-state index is 11.6. The first-order chi connectivity index (χ1) is 9.30. The average molecular weight is 279 g/mol. The largest absolute Gasteiger partial charge is 0.497 e. The van der Waals surface area contributed by atoms with Crippen molar-refractivity contribution < 1.29 is 19.1 Å². The van der Waals surface area contributed by atoms with Gasteiger partial charge in [0.05, 0.1) is 7.11 Å². The molecule has 0 saturated heterocycles. The third-order valence-corrected chi connectivity index (χ3v) is 2.42. The van der Waals surface area contributed by atoms with Crippen molar-refractivity contribution in [2.45, 2.75) is 39.2 Å². The van der Waals surface area contributed by atoms with Gasteiger partial charge >= 0.3 is 6.09 Å². The van der Waals surface area contributed by atoms with Crippen molar-refractivity contribution in [3.8, 4) is 5.75 Å². The molecule has 20 heavy (non-hydrogen) atoms. The minimum Gasteiger partial charge on any atom is -0.497 e. The Balaban J connectivity index is 2.41. The zero-order chi connectivity index (χ0) is 15.2. The fraction of sp³-hybridized carbons (Fsp3) is 0.467. The van der Waals surface area contributed by atoms with Crippen LogP contribution < -0.4 is 10.1 Å². The Bertz CT molecular complexity index is 477. The zero-order valence-corrected chi connectivity index (χ0v) is 12.4. The summed E-state index contributed by atoms with van der Waals surface area (Å²) in [5.41, 5.74) is 0.362. The predicted octanol–water partition coefficient (Wildman–Crippen LogP) is 2.68. The summed E-state index contributed by atoms with van der Waals surface area (Å²) in [6, 6.07) is 7.47. The molecule has 0 saturated carbocycles. The molecule has 0 aliphatic carbocycles. The van der Waals surface area contributed by atoms with Gasteiger partial charge in [-0.25, -0.2) is 4.79 Å². The minimum atomic E-state index is -0.715. The first kappa shape index (κ1) is 16.0. The molecule has 0 bridgehead atoms. The van der Waals surface area contributed by atoms with Crippen molar-refractivity contribution >= 4 is 12.0 Å². The Hall–Kier alpha value is -2.04. The van der Waals surface area contributed by atoms with Gasteiger partial charge in [-0.1, -0.05) is 12.1 Å². The van der Waals surface area contributed by atoms with Crippen molar-refractivity contribution in [2.24, 2.45) is 0 Å². The SMILES string of the molecule is COc1cccc(CCC(=O)NC(=O)OC(C)(C)C)c1. The molecular weight excluding hydrogens is 258 g/mol. The van der Waals surface area contributed by atoms with E-state index in [9.17, 15) is 9.59 Å². The predicted molar refractivity (Wildman–Crippen MR) is 75.7 cm³/mol. The highest BCUT2D eigenvalue weighted by atomic mass is 16.6. The van der Waals surface area contributed by atoms with Crippen LogP contribution in [0.2, 0.25) is 0 Å². The number of methoxy groups -OCH3 is 1. The number of nitrogens with one attached hydrogen (secondary N) is 1. The minimum absolute atomic E-state index is 0.215. The second-order valence-electron chi connectivity index (χ2n) is 5.40. The average Bonchev–Trinajstić information content (AvgIpc) is 2.34. The Kier molecular flexibility index (Phi) is 5.55. The van der Waals surface area contributed by atoms with Gasteiger partial charge in [0.1, 0.15) is 11.4 Å². The molecule has 110 valence electrons. The first-order valence-electron chi connectivity index (χ1n) is 6.46. The second-order valence-corrected chi connectivity index (χ2v) is 5.40. The maximum absolute atomic E-state index is 11.6. The highest BCUT2D eigenvalue weighted by Gasteiger charge is 2.17. The molecule has 5 heteroatoms. The van der Waals surface area contributed by atoms with Gasteiger partial charge in [0.15, 0.2) is 0 Å². The number of benzene rings is 1. The fourth-order valence-corrected chi connectivity index (χ4v) is 1.57. The molecule has 0 radical (unpaired) electrons. The van der Waals surface area contributed by atoms with Crippen LogP contribution in [0.15, 0.2) is 24.3 Å². The lowest BCUT2D eigenvalue weighted by Gasteiger charge is -2.19. The molecular formula is C15H21NO4. The molecule has 1 N–H and O–H groups in total. The number of ether oxygens (including phenoxy) is 2. The van der Waals surface area contributed by atoms with Crippen molar-refractivity contribution in [3.05, 3.63) is 29.8 Å². The van der Waals surface area contributed by atoms with Crippen LogP contribution in [0.3, 0.4) is 0 Å². The summed E-state index contributed by atoms with van der Waals surface area (Å²) < 4.78 is 10.1. The standard InChI is InChI=1S/C15H21NO4/c1-15(2,3)20-14(18)16-13(17)9-8-11-6-5-7-12(10-11)19-4/h5-7,10H,8-9H2,1-4H3,(H,16,17,18). The number of aryl methyl sites for hydroxylation is 1. The smallest absolute Gasteiger partial charge is 0.414 e.